The molecule has 3 rings (SSSR count). The summed E-state index contributed by atoms with van der Waals surface area (Å²) in [6, 6.07) is 10.2. The highest BCUT2D eigenvalue weighted by Gasteiger charge is 2.26. The molecule has 2 aromatic heterocycles. The fourth-order valence-corrected chi connectivity index (χ4v) is 3.33. The number of fused-ring (bicyclic) bond motifs is 1. The van der Waals surface area contributed by atoms with Crippen molar-refractivity contribution in [3.63, 3.8) is 0 Å². The van der Waals surface area contributed by atoms with Crippen LogP contribution in [0.1, 0.15) is 36.7 Å². The van der Waals surface area contributed by atoms with Gasteiger partial charge >= 0.3 is 12.1 Å². The highest BCUT2D eigenvalue weighted by Crippen LogP contribution is 2.30. The van der Waals surface area contributed by atoms with Crippen LogP contribution in [0.15, 0.2) is 42.6 Å². The Hall–Kier alpha value is -3.39. The molecule has 0 fully saturated rings. The van der Waals surface area contributed by atoms with Crippen LogP contribution in [0, 0.1) is 0 Å². The molecule has 1 aromatic carbocycles. The predicted molar refractivity (Wildman–Crippen MR) is 121 cm³/mol. The second kappa shape index (κ2) is 9.40. The van der Waals surface area contributed by atoms with Gasteiger partial charge in [0, 0.05) is 16.6 Å². The third-order valence-electron chi connectivity index (χ3n) is 4.39. The van der Waals surface area contributed by atoms with Gasteiger partial charge in [-0.25, -0.2) is 19.6 Å². The maximum Gasteiger partial charge on any atom is 0.416 e. The second-order valence-corrected chi connectivity index (χ2v) is 8.36. The van der Waals surface area contributed by atoms with Gasteiger partial charge < -0.3 is 14.2 Å². The molecule has 0 saturated heterocycles. The first-order valence-electron chi connectivity index (χ1n) is 9.80. The minimum absolute atomic E-state index is 0.0801. The van der Waals surface area contributed by atoms with Crippen LogP contribution >= 0.6 is 11.6 Å². The van der Waals surface area contributed by atoms with Crippen LogP contribution in [0.3, 0.4) is 0 Å². The number of carbonyl (C=O) groups excluding carboxylic acids is 2. The Morgan fingerprint density at radius 3 is 2.47 bits per heavy atom. The average molecular weight is 458 g/mol. The summed E-state index contributed by atoms with van der Waals surface area (Å²) >= 11 is 6.35. The van der Waals surface area contributed by atoms with Gasteiger partial charge in [-0.3, -0.25) is 4.90 Å². The van der Waals surface area contributed by atoms with Gasteiger partial charge in [0.05, 0.1) is 26.3 Å². The number of benzene rings is 1. The number of rotatable bonds is 5. The number of nitrogens with zero attached hydrogens (tertiary/aromatic N) is 3. The fourth-order valence-electron chi connectivity index (χ4n) is 3.08. The largest absolute Gasteiger partial charge is 0.480 e. The summed E-state index contributed by atoms with van der Waals surface area (Å²) < 4.78 is 15.7. The summed E-state index contributed by atoms with van der Waals surface area (Å²) in [5, 5.41) is 1.01. The first-order valence-corrected chi connectivity index (χ1v) is 10.2. The molecule has 1 amide bonds. The molecule has 2 heterocycles. The van der Waals surface area contributed by atoms with Gasteiger partial charge in [-0.1, -0.05) is 17.7 Å². The molecule has 0 saturated carbocycles. The summed E-state index contributed by atoms with van der Waals surface area (Å²) in [7, 11) is 2.69. The van der Waals surface area contributed by atoms with Crippen molar-refractivity contribution >= 4 is 40.4 Å². The van der Waals surface area contributed by atoms with Crippen molar-refractivity contribution in [2.45, 2.75) is 32.9 Å². The lowest BCUT2D eigenvalue weighted by molar-refractivity contribution is 0.0572. The number of carbonyl (C=O) groups is 2. The number of amides is 1. The predicted octanol–water partition coefficient (Wildman–Crippen LogP) is 5.02. The summed E-state index contributed by atoms with van der Waals surface area (Å²) in [5.41, 5.74) is 0.615. The van der Waals surface area contributed by atoms with E-state index >= 15 is 0 Å². The monoisotopic (exact) mass is 457 g/mol. The molecule has 9 heteroatoms. The van der Waals surface area contributed by atoms with Crippen LogP contribution in [0.5, 0.6) is 5.88 Å². The third-order valence-corrected chi connectivity index (χ3v) is 4.61. The van der Waals surface area contributed by atoms with Crippen LogP contribution < -0.4 is 9.64 Å². The van der Waals surface area contributed by atoms with E-state index in [1.807, 2.05) is 0 Å². The maximum absolute atomic E-state index is 13.0. The van der Waals surface area contributed by atoms with Crippen LogP contribution in [0.2, 0.25) is 5.02 Å². The second-order valence-electron chi connectivity index (χ2n) is 7.93. The third kappa shape index (κ3) is 5.26. The zero-order valence-corrected chi connectivity index (χ0v) is 19.3. The topological polar surface area (TPSA) is 90.9 Å². The number of ether oxygens (including phenoxy) is 3. The smallest absolute Gasteiger partial charge is 0.416 e. The summed E-state index contributed by atoms with van der Waals surface area (Å²) in [6.07, 6.45) is 1.02. The number of hydrogen-bond donors (Lipinski definition) is 0. The van der Waals surface area contributed by atoms with Crippen molar-refractivity contribution in [1.82, 2.24) is 9.97 Å². The van der Waals surface area contributed by atoms with E-state index in [-0.39, 0.29) is 18.0 Å². The highest BCUT2D eigenvalue weighted by atomic mass is 35.5. The minimum atomic E-state index is -0.697. The molecule has 0 aliphatic rings. The molecule has 0 radical (unpaired) electrons. The molecular formula is C23H24ClN3O5. The Morgan fingerprint density at radius 2 is 1.88 bits per heavy atom. The summed E-state index contributed by atoms with van der Waals surface area (Å²) in [6.45, 7) is 5.45. The standard InChI is InChI=1S/C23H24ClN3O5/c1-23(2,3)32-22(29)27(18-8-6-7-9-25-18)13-15-11-16(24)10-14-12-17(21(28)31-5)20(30-4)26-19(14)15/h6-12H,13H2,1-5H3. The van der Waals surface area contributed by atoms with Gasteiger partial charge in [-0.05, 0) is 56.7 Å². The van der Waals surface area contributed by atoms with E-state index in [0.717, 1.165) is 0 Å². The quantitative estimate of drug-likeness (QED) is 0.497. The minimum Gasteiger partial charge on any atom is -0.480 e. The SMILES string of the molecule is COC(=O)c1cc2cc(Cl)cc(CN(C(=O)OC(C)(C)C)c3ccccn3)c2nc1OC. The molecule has 0 N–H and O–H groups in total. The van der Waals surface area contributed by atoms with Gasteiger partial charge in [0.25, 0.3) is 0 Å². The zero-order valence-electron chi connectivity index (χ0n) is 18.5. The van der Waals surface area contributed by atoms with E-state index in [4.69, 9.17) is 25.8 Å². The van der Waals surface area contributed by atoms with E-state index < -0.39 is 17.7 Å². The Bertz CT molecular complexity index is 1150. The van der Waals surface area contributed by atoms with Crippen molar-refractivity contribution < 1.29 is 23.8 Å². The number of halogens is 1. The van der Waals surface area contributed by atoms with E-state index in [0.29, 0.717) is 27.3 Å². The number of aromatic nitrogens is 2. The molecule has 0 aliphatic carbocycles. The van der Waals surface area contributed by atoms with Gasteiger partial charge in [-0.2, -0.15) is 0 Å². The molecule has 0 unspecified atom stereocenters. The normalized spacial score (nSPS) is 11.2. The Balaban J connectivity index is 2.13. The van der Waals surface area contributed by atoms with Crippen LogP contribution in [-0.4, -0.2) is 41.9 Å². The van der Waals surface area contributed by atoms with Gasteiger partial charge in [0.2, 0.25) is 5.88 Å². The average Bonchev–Trinajstić information content (AvgIpc) is 2.75. The Morgan fingerprint density at radius 1 is 1.12 bits per heavy atom. The zero-order chi connectivity index (χ0) is 23.5. The number of methoxy groups -OCH3 is 2. The lowest BCUT2D eigenvalue weighted by Crippen LogP contribution is -2.37. The Kier molecular flexibility index (Phi) is 6.84. The number of hydrogen-bond acceptors (Lipinski definition) is 7. The molecular weight excluding hydrogens is 434 g/mol. The van der Waals surface area contributed by atoms with E-state index in [1.54, 1.807) is 63.4 Å². The van der Waals surface area contributed by atoms with E-state index in [1.165, 1.54) is 19.1 Å². The molecule has 0 bridgehead atoms. The van der Waals surface area contributed by atoms with E-state index in [9.17, 15) is 9.59 Å². The van der Waals surface area contributed by atoms with Crippen LogP contribution in [0.4, 0.5) is 10.6 Å². The van der Waals surface area contributed by atoms with Crippen molar-refractivity contribution in [3.05, 3.63) is 58.7 Å². The lowest BCUT2D eigenvalue weighted by Gasteiger charge is -2.27. The van der Waals surface area contributed by atoms with Gasteiger partial charge in [0.15, 0.2) is 0 Å². The number of pyridine rings is 2. The molecule has 32 heavy (non-hydrogen) atoms. The molecule has 168 valence electrons. The molecule has 8 nitrogen and oxygen atoms in total. The Labute approximate surface area is 191 Å². The first-order chi connectivity index (χ1) is 15.1. The van der Waals surface area contributed by atoms with Gasteiger partial charge in [0.1, 0.15) is 17.0 Å². The first kappa shape index (κ1) is 23.3. The fraction of sp³-hybridized carbons (Fsp3) is 0.304. The van der Waals surface area contributed by atoms with Crippen molar-refractivity contribution in [2.75, 3.05) is 19.1 Å². The van der Waals surface area contributed by atoms with Crippen LogP contribution in [-0.2, 0) is 16.0 Å². The van der Waals surface area contributed by atoms with Gasteiger partial charge in [-0.15, -0.1) is 0 Å². The molecule has 3 aromatic rings. The van der Waals surface area contributed by atoms with Crippen molar-refractivity contribution in [2.24, 2.45) is 0 Å². The number of esters is 1. The molecule has 0 aliphatic heterocycles. The van der Waals surface area contributed by atoms with Crippen molar-refractivity contribution in [1.29, 1.82) is 0 Å². The maximum atomic E-state index is 13.0. The number of anilines is 1. The molecule has 0 atom stereocenters. The van der Waals surface area contributed by atoms with Crippen molar-refractivity contribution in [3.8, 4) is 5.88 Å². The van der Waals surface area contributed by atoms with E-state index in [2.05, 4.69) is 9.97 Å². The van der Waals surface area contributed by atoms with Crippen LogP contribution in [0.25, 0.3) is 10.9 Å². The highest BCUT2D eigenvalue weighted by molar-refractivity contribution is 6.31. The summed E-state index contributed by atoms with van der Waals surface area (Å²) in [5.74, 6) is -0.0655. The molecule has 0 spiro atoms. The lowest BCUT2D eigenvalue weighted by atomic mass is 10.1. The summed E-state index contributed by atoms with van der Waals surface area (Å²) in [4.78, 5) is 35.4.